The zero-order chi connectivity index (χ0) is 16.5. The summed E-state index contributed by atoms with van der Waals surface area (Å²) in [5.41, 5.74) is -0.686. The summed E-state index contributed by atoms with van der Waals surface area (Å²) < 4.78 is 9.62. The third kappa shape index (κ3) is 9.95. The molecule has 0 aliphatic heterocycles. The average molecular weight is 323 g/mol. The summed E-state index contributed by atoms with van der Waals surface area (Å²) in [5.74, 6) is -0.543. The number of halogens is 1. The van der Waals surface area contributed by atoms with Crippen LogP contribution in [0.4, 0.5) is 4.79 Å². The molecule has 0 aromatic heterocycles. The number of carbonyl (C=O) groups is 3. The van der Waals surface area contributed by atoms with Crippen LogP contribution < -0.4 is 10.6 Å². The Balaban J connectivity index is 4.43. The standard InChI is InChI=1S/C13H23ClN2O5/c1-13(2,3)21-12(19)16-9(11(18)20-4)8-15-10(17)6-5-7-14/h9H,5-8H2,1-4H3,(H,15,17)(H,16,19). The summed E-state index contributed by atoms with van der Waals surface area (Å²) in [6.45, 7) is 5.03. The fraction of sp³-hybridized carbons (Fsp3) is 0.769. The zero-order valence-electron chi connectivity index (χ0n) is 12.8. The predicted octanol–water partition coefficient (Wildman–Crippen LogP) is 1.19. The Labute approximate surface area is 129 Å². The summed E-state index contributed by atoms with van der Waals surface area (Å²) in [6, 6.07) is -1.01. The Morgan fingerprint density at radius 3 is 2.33 bits per heavy atom. The van der Waals surface area contributed by atoms with Gasteiger partial charge in [-0.15, -0.1) is 11.6 Å². The number of alkyl carbamates (subject to hydrolysis) is 1. The first kappa shape index (κ1) is 19.5. The van der Waals surface area contributed by atoms with E-state index in [0.29, 0.717) is 12.3 Å². The van der Waals surface area contributed by atoms with Crippen molar-refractivity contribution in [2.45, 2.75) is 45.3 Å². The van der Waals surface area contributed by atoms with Crippen LogP contribution in [-0.2, 0) is 19.1 Å². The second-order valence-electron chi connectivity index (χ2n) is 5.32. The maximum Gasteiger partial charge on any atom is 0.408 e. The molecule has 1 atom stereocenters. The molecule has 0 saturated heterocycles. The first-order valence-corrected chi connectivity index (χ1v) is 7.13. The van der Waals surface area contributed by atoms with E-state index >= 15 is 0 Å². The van der Waals surface area contributed by atoms with E-state index in [0.717, 1.165) is 0 Å². The monoisotopic (exact) mass is 322 g/mol. The molecule has 0 fully saturated rings. The molecule has 0 bridgehead atoms. The topological polar surface area (TPSA) is 93.7 Å². The van der Waals surface area contributed by atoms with Crippen molar-refractivity contribution in [3.8, 4) is 0 Å². The molecule has 122 valence electrons. The quantitative estimate of drug-likeness (QED) is 0.542. The molecule has 7 nitrogen and oxygen atoms in total. The van der Waals surface area contributed by atoms with Gasteiger partial charge in [-0.1, -0.05) is 0 Å². The van der Waals surface area contributed by atoms with Gasteiger partial charge in [0.2, 0.25) is 5.91 Å². The van der Waals surface area contributed by atoms with Crippen molar-refractivity contribution in [2.24, 2.45) is 0 Å². The number of ether oxygens (including phenoxy) is 2. The van der Waals surface area contributed by atoms with Crippen molar-refractivity contribution in [2.75, 3.05) is 19.5 Å². The second kappa shape index (κ2) is 9.44. The molecule has 1 unspecified atom stereocenters. The molecular weight excluding hydrogens is 300 g/mol. The van der Waals surface area contributed by atoms with Gasteiger partial charge in [-0.2, -0.15) is 0 Å². The minimum Gasteiger partial charge on any atom is -0.467 e. The van der Waals surface area contributed by atoms with Gasteiger partial charge in [-0.05, 0) is 27.2 Å². The number of amides is 2. The number of hydrogen-bond acceptors (Lipinski definition) is 5. The molecule has 21 heavy (non-hydrogen) atoms. The lowest BCUT2D eigenvalue weighted by Gasteiger charge is -2.22. The molecule has 0 heterocycles. The molecule has 0 aliphatic carbocycles. The summed E-state index contributed by atoms with van der Waals surface area (Å²) in [6.07, 6.45) is 0.0347. The summed E-state index contributed by atoms with van der Waals surface area (Å²) in [4.78, 5) is 34.7. The smallest absolute Gasteiger partial charge is 0.408 e. The van der Waals surface area contributed by atoms with E-state index in [-0.39, 0.29) is 18.9 Å². The highest BCUT2D eigenvalue weighted by Crippen LogP contribution is 2.06. The van der Waals surface area contributed by atoms with E-state index in [4.69, 9.17) is 16.3 Å². The molecule has 0 aromatic rings. The van der Waals surface area contributed by atoms with Crippen LogP contribution in [0.3, 0.4) is 0 Å². The first-order chi connectivity index (χ1) is 9.69. The van der Waals surface area contributed by atoms with Crippen LogP contribution >= 0.6 is 11.6 Å². The number of esters is 1. The number of carbonyl (C=O) groups excluding carboxylic acids is 3. The van der Waals surface area contributed by atoms with Gasteiger partial charge in [0.25, 0.3) is 0 Å². The average Bonchev–Trinajstić information content (AvgIpc) is 2.37. The Hall–Kier alpha value is -1.50. The predicted molar refractivity (Wildman–Crippen MR) is 78.1 cm³/mol. The molecule has 2 amide bonds. The van der Waals surface area contributed by atoms with Gasteiger partial charge in [-0.3, -0.25) is 4.79 Å². The molecule has 0 aromatic carbocycles. The molecule has 0 aliphatic rings. The van der Waals surface area contributed by atoms with Crippen molar-refractivity contribution in [1.82, 2.24) is 10.6 Å². The molecule has 0 rings (SSSR count). The lowest BCUT2D eigenvalue weighted by molar-refractivity contribution is -0.143. The lowest BCUT2D eigenvalue weighted by atomic mass is 10.2. The van der Waals surface area contributed by atoms with Gasteiger partial charge in [0.1, 0.15) is 11.6 Å². The van der Waals surface area contributed by atoms with Crippen LogP contribution in [0.2, 0.25) is 0 Å². The fourth-order valence-corrected chi connectivity index (χ4v) is 1.45. The molecular formula is C13H23ClN2O5. The van der Waals surface area contributed by atoms with E-state index < -0.39 is 23.7 Å². The molecule has 0 radical (unpaired) electrons. The second-order valence-corrected chi connectivity index (χ2v) is 5.70. The number of hydrogen-bond donors (Lipinski definition) is 2. The first-order valence-electron chi connectivity index (χ1n) is 6.59. The van der Waals surface area contributed by atoms with Crippen LogP contribution in [0.1, 0.15) is 33.6 Å². The molecule has 2 N–H and O–H groups in total. The van der Waals surface area contributed by atoms with Gasteiger partial charge < -0.3 is 20.1 Å². The van der Waals surface area contributed by atoms with Gasteiger partial charge in [-0.25, -0.2) is 9.59 Å². The number of rotatable bonds is 7. The Bertz CT molecular complexity index is 368. The minimum atomic E-state index is -1.01. The van der Waals surface area contributed by atoms with Crippen LogP contribution in [0, 0.1) is 0 Å². The molecule has 8 heteroatoms. The van der Waals surface area contributed by atoms with Gasteiger partial charge in [0.05, 0.1) is 7.11 Å². The van der Waals surface area contributed by atoms with Crippen molar-refractivity contribution >= 4 is 29.6 Å². The van der Waals surface area contributed by atoms with Crippen LogP contribution in [-0.4, -0.2) is 49.1 Å². The zero-order valence-corrected chi connectivity index (χ0v) is 13.6. The Morgan fingerprint density at radius 1 is 1.24 bits per heavy atom. The summed E-state index contributed by atoms with van der Waals surface area (Å²) in [5, 5.41) is 4.89. The Morgan fingerprint density at radius 2 is 1.86 bits per heavy atom. The van der Waals surface area contributed by atoms with E-state index in [1.165, 1.54) is 7.11 Å². The summed E-state index contributed by atoms with van der Waals surface area (Å²) in [7, 11) is 1.20. The highest BCUT2D eigenvalue weighted by atomic mass is 35.5. The highest BCUT2D eigenvalue weighted by Gasteiger charge is 2.25. The van der Waals surface area contributed by atoms with Crippen molar-refractivity contribution in [3.05, 3.63) is 0 Å². The van der Waals surface area contributed by atoms with Crippen LogP contribution in [0.15, 0.2) is 0 Å². The maximum atomic E-state index is 11.6. The SMILES string of the molecule is COC(=O)C(CNC(=O)CCCCl)NC(=O)OC(C)(C)C. The third-order valence-electron chi connectivity index (χ3n) is 2.22. The fourth-order valence-electron chi connectivity index (χ4n) is 1.32. The largest absolute Gasteiger partial charge is 0.467 e. The number of methoxy groups -OCH3 is 1. The van der Waals surface area contributed by atoms with Crippen molar-refractivity contribution in [3.63, 3.8) is 0 Å². The summed E-state index contributed by atoms with van der Waals surface area (Å²) >= 11 is 5.48. The van der Waals surface area contributed by atoms with E-state index in [1.54, 1.807) is 20.8 Å². The molecule has 0 saturated carbocycles. The number of nitrogens with one attached hydrogen (secondary N) is 2. The molecule has 0 spiro atoms. The maximum absolute atomic E-state index is 11.6. The highest BCUT2D eigenvalue weighted by molar-refractivity contribution is 6.17. The van der Waals surface area contributed by atoms with Gasteiger partial charge in [0.15, 0.2) is 0 Å². The van der Waals surface area contributed by atoms with Gasteiger partial charge in [0, 0.05) is 18.8 Å². The Kier molecular flexibility index (Phi) is 8.76. The van der Waals surface area contributed by atoms with Crippen LogP contribution in [0.25, 0.3) is 0 Å². The van der Waals surface area contributed by atoms with E-state index in [1.807, 2.05) is 0 Å². The van der Waals surface area contributed by atoms with Crippen molar-refractivity contribution < 1.29 is 23.9 Å². The lowest BCUT2D eigenvalue weighted by Crippen LogP contribution is -2.50. The third-order valence-corrected chi connectivity index (χ3v) is 2.48. The van der Waals surface area contributed by atoms with E-state index in [2.05, 4.69) is 15.4 Å². The van der Waals surface area contributed by atoms with Gasteiger partial charge >= 0.3 is 12.1 Å². The number of alkyl halides is 1. The normalized spacial score (nSPS) is 12.2. The minimum absolute atomic E-state index is 0.0764. The van der Waals surface area contributed by atoms with E-state index in [9.17, 15) is 14.4 Å². The van der Waals surface area contributed by atoms with Crippen LogP contribution in [0.5, 0.6) is 0 Å². The van der Waals surface area contributed by atoms with Crippen molar-refractivity contribution in [1.29, 1.82) is 0 Å².